The van der Waals surface area contributed by atoms with Crippen LogP contribution < -0.4 is 9.47 Å². The van der Waals surface area contributed by atoms with Crippen molar-refractivity contribution in [2.45, 2.75) is 13.8 Å². The smallest absolute Gasteiger partial charge is 0.308 e. The number of aromatic nitrogens is 3. The van der Waals surface area contributed by atoms with E-state index >= 15 is 0 Å². The number of carbonyl (C=O) groups excluding carboxylic acids is 2. The molecule has 0 N–H and O–H groups in total. The van der Waals surface area contributed by atoms with Crippen molar-refractivity contribution in [3.05, 3.63) is 90.3 Å². The molecule has 7 nitrogen and oxygen atoms in total. The van der Waals surface area contributed by atoms with E-state index in [2.05, 4.69) is 5.10 Å². The van der Waals surface area contributed by atoms with Crippen molar-refractivity contribution in [1.29, 1.82) is 0 Å². The third-order valence-corrected chi connectivity index (χ3v) is 4.59. The summed E-state index contributed by atoms with van der Waals surface area (Å²) in [6.07, 6.45) is 3.52. The molecule has 7 heteroatoms. The van der Waals surface area contributed by atoms with E-state index in [9.17, 15) is 9.59 Å². The van der Waals surface area contributed by atoms with Crippen LogP contribution in [0.2, 0.25) is 0 Å². The van der Waals surface area contributed by atoms with Gasteiger partial charge in [-0.25, -0.2) is 9.67 Å². The zero-order valence-electron chi connectivity index (χ0n) is 18.1. The molecule has 33 heavy (non-hydrogen) atoms. The van der Waals surface area contributed by atoms with E-state index < -0.39 is 11.9 Å². The summed E-state index contributed by atoms with van der Waals surface area (Å²) in [5, 5.41) is 4.65. The Kier molecular flexibility index (Phi) is 6.40. The number of hydrogen-bond acceptors (Lipinski definition) is 6. The van der Waals surface area contributed by atoms with Crippen LogP contribution in [0.5, 0.6) is 11.5 Å². The average Bonchev–Trinajstić information content (AvgIpc) is 3.23. The van der Waals surface area contributed by atoms with Crippen molar-refractivity contribution >= 4 is 24.1 Å². The van der Waals surface area contributed by atoms with Gasteiger partial charge in [0.05, 0.1) is 11.3 Å². The van der Waals surface area contributed by atoms with Gasteiger partial charge in [0.1, 0.15) is 11.5 Å². The van der Waals surface area contributed by atoms with E-state index in [0.717, 1.165) is 5.69 Å². The van der Waals surface area contributed by atoms with Gasteiger partial charge in [0.2, 0.25) is 0 Å². The highest BCUT2D eigenvalue weighted by atomic mass is 16.5. The first-order valence-electron chi connectivity index (χ1n) is 10.3. The van der Waals surface area contributed by atoms with Crippen LogP contribution in [-0.4, -0.2) is 26.7 Å². The summed E-state index contributed by atoms with van der Waals surface area (Å²) >= 11 is 0. The van der Waals surface area contributed by atoms with Crippen LogP contribution in [0.1, 0.15) is 25.2 Å². The molecule has 4 rings (SSSR count). The van der Waals surface area contributed by atoms with E-state index in [-0.39, 0.29) is 0 Å². The molecule has 3 aromatic carbocycles. The summed E-state index contributed by atoms with van der Waals surface area (Å²) in [5.74, 6) is 0.978. The summed E-state index contributed by atoms with van der Waals surface area (Å²) in [6, 6.07) is 23.9. The number of benzene rings is 3. The Bertz CT molecular complexity index is 1330. The predicted molar refractivity (Wildman–Crippen MR) is 125 cm³/mol. The van der Waals surface area contributed by atoms with Gasteiger partial charge >= 0.3 is 11.9 Å². The Hall–Kier alpha value is -4.52. The molecular weight excluding hydrogens is 418 g/mol. The molecular formula is C26H21N3O4. The third kappa shape index (κ3) is 5.22. The largest absolute Gasteiger partial charge is 0.426 e. The molecule has 0 aliphatic carbocycles. The van der Waals surface area contributed by atoms with Crippen molar-refractivity contribution in [2.75, 3.05) is 0 Å². The lowest BCUT2D eigenvalue weighted by molar-refractivity contribution is -0.132. The van der Waals surface area contributed by atoms with Crippen molar-refractivity contribution in [1.82, 2.24) is 14.8 Å². The average molecular weight is 439 g/mol. The topological polar surface area (TPSA) is 83.3 Å². The number of nitrogens with zero attached hydrogens (tertiary/aromatic N) is 3. The Morgan fingerprint density at radius 1 is 0.758 bits per heavy atom. The normalized spacial score (nSPS) is 10.8. The second-order valence-corrected chi connectivity index (χ2v) is 7.10. The monoisotopic (exact) mass is 439 g/mol. The minimum absolute atomic E-state index is 0.394. The van der Waals surface area contributed by atoms with Gasteiger partial charge in [-0.15, -0.1) is 5.10 Å². The standard InChI is InChI=1S/C26H21N3O4/c1-18(30)32-23-14-8-6-10-20(23)16-17-25-27-26(29(28-25)21-11-4-3-5-12-21)22-13-7-9-15-24(22)33-19(2)31/h3-17H,1-2H3/b17-16+. The Balaban J connectivity index is 1.79. The summed E-state index contributed by atoms with van der Waals surface area (Å²) < 4.78 is 12.4. The molecule has 1 aromatic heterocycles. The SMILES string of the molecule is CC(=O)Oc1ccccc1/C=C/c1nc(-c2ccccc2OC(C)=O)n(-c2ccccc2)n1. The minimum Gasteiger partial charge on any atom is -0.426 e. The van der Waals surface area contributed by atoms with Crippen LogP contribution in [0.4, 0.5) is 0 Å². The molecule has 0 fully saturated rings. The lowest BCUT2D eigenvalue weighted by Gasteiger charge is -2.09. The van der Waals surface area contributed by atoms with Crippen LogP contribution in [0.15, 0.2) is 78.9 Å². The van der Waals surface area contributed by atoms with Crippen LogP contribution in [0.25, 0.3) is 29.2 Å². The first-order valence-corrected chi connectivity index (χ1v) is 10.3. The first kappa shape index (κ1) is 21.7. The van der Waals surface area contributed by atoms with Crippen molar-refractivity contribution < 1.29 is 19.1 Å². The first-order chi connectivity index (χ1) is 16.0. The number of carbonyl (C=O) groups is 2. The molecule has 4 aromatic rings. The van der Waals surface area contributed by atoms with Gasteiger partial charge in [-0.05, 0) is 42.5 Å². The maximum Gasteiger partial charge on any atom is 0.308 e. The van der Waals surface area contributed by atoms with E-state index in [1.54, 1.807) is 41.1 Å². The number of hydrogen-bond donors (Lipinski definition) is 0. The van der Waals surface area contributed by atoms with Gasteiger partial charge < -0.3 is 9.47 Å². The maximum atomic E-state index is 11.6. The highest BCUT2D eigenvalue weighted by molar-refractivity contribution is 5.77. The molecule has 0 saturated heterocycles. The molecule has 0 spiro atoms. The van der Waals surface area contributed by atoms with E-state index in [4.69, 9.17) is 14.5 Å². The Labute approximate surface area is 190 Å². The molecule has 0 amide bonds. The van der Waals surface area contributed by atoms with Crippen LogP contribution >= 0.6 is 0 Å². The minimum atomic E-state index is -0.421. The second kappa shape index (κ2) is 9.74. The lowest BCUT2D eigenvalue weighted by Crippen LogP contribution is -2.05. The summed E-state index contributed by atoms with van der Waals surface area (Å²) in [5.41, 5.74) is 2.15. The molecule has 0 atom stereocenters. The van der Waals surface area contributed by atoms with Gasteiger partial charge in [-0.2, -0.15) is 0 Å². The fourth-order valence-corrected chi connectivity index (χ4v) is 3.25. The zero-order valence-corrected chi connectivity index (χ0v) is 18.1. The molecule has 0 radical (unpaired) electrons. The summed E-state index contributed by atoms with van der Waals surface area (Å²) in [6.45, 7) is 2.71. The van der Waals surface area contributed by atoms with Gasteiger partial charge in [0, 0.05) is 19.4 Å². The quantitative estimate of drug-likeness (QED) is 0.312. The number of rotatable bonds is 6. The number of para-hydroxylation sites is 3. The van der Waals surface area contributed by atoms with Gasteiger partial charge in [0.15, 0.2) is 11.6 Å². The fraction of sp³-hybridized carbons (Fsp3) is 0.0769. The summed E-state index contributed by atoms with van der Waals surface area (Å²) in [4.78, 5) is 27.7. The molecule has 0 aliphatic heterocycles. The molecule has 0 unspecified atom stereocenters. The lowest BCUT2D eigenvalue weighted by atomic mass is 10.2. The van der Waals surface area contributed by atoms with Gasteiger partial charge in [-0.3, -0.25) is 9.59 Å². The van der Waals surface area contributed by atoms with Crippen molar-refractivity contribution in [3.63, 3.8) is 0 Å². The highest BCUT2D eigenvalue weighted by Gasteiger charge is 2.17. The molecule has 164 valence electrons. The van der Waals surface area contributed by atoms with Crippen molar-refractivity contribution in [2.24, 2.45) is 0 Å². The van der Waals surface area contributed by atoms with Crippen LogP contribution in [0, 0.1) is 0 Å². The molecule has 0 saturated carbocycles. The van der Waals surface area contributed by atoms with Crippen LogP contribution in [-0.2, 0) is 9.59 Å². The zero-order chi connectivity index (χ0) is 23.2. The highest BCUT2D eigenvalue weighted by Crippen LogP contribution is 2.31. The maximum absolute atomic E-state index is 11.6. The molecule has 0 bridgehead atoms. The Morgan fingerprint density at radius 2 is 1.36 bits per heavy atom. The van der Waals surface area contributed by atoms with Crippen molar-refractivity contribution in [3.8, 4) is 28.6 Å². The third-order valence-electron chi connectivity index (χ3n) is 4.59. The van der Waals surface area contributed by atoms with Crippen LogP contribution in [0.3, 0.4) is 0 Å². The van der Waals surface area contributed by atoms with Gasteiger partial charge in [0.25, 0.3) is 0 Å². The van der Waals surface area contributed by atoms with Gasteiger partial charge in [-0.1, -0.05) is 48.5 Å². The fourth-order valence-electron chi connectivity index (χ4n) is 3.25. The molecule has 0 aliphatic rings. The second-order valence-electron chi connectivity index (χ2n) is 7.10. The van der Waals surface area contributed by atoms with E-state index in [1.165, 1.54) is 13.8 Å². The number of ether oxygens (including phenoxy) is 2. The van der Waals surface area contributed by atoms with E-state index in [1.807, 2.05) is 54.6 Å². The summed E-state index contributed by atoms with van der Waals surface area (Å²) in [7, 11) is 0. The molecule has 1 heterocycles. The Morgan fingerprint density at radius 3 is 2.09 bits per heavy atom. The van der Waals surface area contributed by atoms with E-state index in [0.29, 0.717) is 34.3 Å². The predicted octanol–water partition coefficient (Wildman–Crippen LogP) is 4.96. The number of esters is 2.